The minimum Gasteiger partial charge on any atom is -0.469 e. The van der Waals surface area contributed by atoms with Gasteiger partial charge in [0.25, 0.3) is 0 Å². The molecular weight excluding hydrogens is 434 g/mol. The van der Waals surface area contributed by atoms with Crippen molar-refractivity contribution < 1.29 is 17.6 Å². The van der Waals surface area contributed by atoms with Crippen molar-refractivity contribution in [1.29, 1.82) is 0 Å². The molecule has 1 aromatic heterocycles. The van der Waals surface area contributed by atoms with Gasteiger partial charge in [0, 0.05) is 32.5 Å². The van der Waals surface area contributed by atoms with E-state index in [1.807, 2.05) is 12.1 Å². The Morgan fingerprint density at radius 2 is 1.92 bits per heavy atom. The number of unbranched alkanes of at least 4 members (excludes halogenated alkanes) is 1. The third-order valence-electron chi connectivity index (χ3n) is 3.04. The van der Waals surface area contributed by atoms with E-state index in [1.54, 1.807) is 6.26 Å². The van der Waals surface area contributed by atoms with Gasteiger partial charge >= 0.3 is 6.18 Å². The number of alkyl halides is 3. The molecule has 0 amide bonds. The first-order valence-corrected chi connectivity index (χ1v) is 7.98. The molecule has 0 aliphatic heterocycles. The van der Waals surface area contributed by atoms with Crippen LogP contribution in [0.15, 0.2) is 27.8 Å². The van der Waals surface area contributed by atoms with E-state index in [0.717, 1.165) is 12.2 Å². The van der Waals surface area contributed by atoms with Gasteiger partial charge in [0.15, 0.2) is 5.96 Å². The van der Waals surface area contributed by atoms with Crippen molar-refractivity contribution in [3.63, 3.8) is 0 Å². The van der Waals surface area contributed by atoms with Crippen molar-refractivity contribution in [2.24, 2.45) is 10.9 Å². The average Bonchev–Trinajstić information content (AvgIpc) is 2.95. The van der Waals surface area contributed by atoms with Crippen LogP contribution in [0.25, 0.3) is 0 Å². The smallest absolute Gasteiger partial charge is 0.389 e. The number of nitrogens with one attached hydrogen (secondary N) is 2. The highest BCUT2D eigenvalue weighted by molar-refractivity contribution is 14.0. The fourth-order valence-corrected chi connectivity index (χ4v) is 1.86. The number of furan rings is 1. The molecule has 0 bridgehead atoms. The predicted octanol–water partition coefficient (Wildman–Crippen LogP) is 4.36. The molecule has 0 radical (unpaired) electrons. The number of hydrogen-bond donors (Lipinski definition) is 2. The highest BCUT2D eigenvalue weighted by Crippen LogP contribution is 2.21. The summed E-state index contributed by atoms with van der Waals surface area (Å²) in [5.74, 6) is 1.94. The summed E-state index contributed by atoms with van der Waals surface area (Å²) in [7, 11) is 0. The van der Waals surface area contributed by atoms with Crippen LogP contribution >= 0.6 is 24.0 Å². The van der Waals surface area contributed by atoms with Crippen molar-refractivity contribution in [3.8, 4) is 0 Å². The summed E-state index contributed by atoms with van der Waals surface area (Å²) in [6.07, 6.45) is -1.87. The highest BCUT2D eigenvalue weighted by atomic mass is 127. The van der Waals surface area contributed by atoms with Crippen molar-refractivity contribution in [2.45, 2.75) is 45.7 Å². The van der Waals surface area contributed by atoms with E-state index in [-0.39, 0.29) is 30.4 Å². The molecule has 4 nitrogen and oxygen atoms in total. The van der Waals surface area contributed by atoms with Gasteiger partial charge in [-0.2, -0.15) is 13.2 Å². The first-order valence-electron chi connectivity index (χ1n) is 7.98. The molecule has 1 aromatic rings. The standard InChI is InChI=1S/C16H26F3N3O.HI/c1-13(2)12-22-15(20-9-4-3-8-16(17,18)19)21-10-7-14-6-5-11-23-14;/h5-6,11,13H,3-4,7-10,12H2,1-2H3,(H2,20,21,22);1H. The SMILES string of the molecule is CC(C)CN=C(NCCCCC(F)(F)F)NCCc1ccco1.I. The number of nitrogens with zero attached hydrogens (tertiary/aromatic N) is 1. The van der Waals surface area contributed by atoms with Crippen LogP contribution in [0.1, 0.15) is 38.9 Å². The second-order valence-electron chi connectivity index (χ2n) is 5.84. The maximum atomic E-state index is 12.1. The lowest BCUT2D eigenvalue weighted by Gasteiger charge is -2.13. The summed E-state index contributed by atoms with van der Waals surface area (Å²) in [4.78, 5) is 4.43. The second kappa shape index (κ2) is 12.4. The van der Waals surface area contributed by atoms with Gasteiger partial charge in [-0.15, -0.1) is 24.0 Å². The zero-order chi connectivity index (χ0) is 17.1. The monoisotopic (exact) mass is 461 g/mol. The first kappa shape index (κ1) is 23.1. The molecule has 24 heavy (non-hydrogen) atoms. The van der Waals surface area contributed by atoms with Crippen LogP contribution in [-0.4, -0.2) is 31.8 Å². The molecule has 0 aliphatic rings. The molecule has 0 unspecified atom stereocenters. The quantitative estimate of drug-likeness (QED) is 0.249. The van der Waals surface area contributed by atoms with Crippen LogP contribution in [0.3, 0.4) is 0 Å². The van der Waals surface area contributed by atoms with Gasteiger partial charge in [-0.3, -0.25) is 4.99 Å². The molecule has 1 rings (SSSR count). The fourth-order valence-electron chi connectivity index (χ4n) is 1.86. The van der Waals surface area contributed by atoms with E-state index in [9.17, 15) is 13.2 Å². The highest BCUT2D eigenvalue weighted by Gasteiger charge is 2.25. The zero-order valence-electron chi connectivity index (χ0n) is 14.2. The van der Waals surface area contributed by atoms with E-state index in [1.165, 1.54) is 0 Å². The molecule has 0 aromatic carbocycles. The lowest BCUT2D eigenvalue weighted by Crippen LogP contribution is -2.39. The van der Waals surface area contributed by atoms with Crippen molar-refractivity contribution in [1.82, 2.24) is 10.6 Å². The van der Waals surface area contributed by atoms with Gasteiger partial charge < -0.3 is 15.1 Å². The van der Waals surface area contributed by atoms with Crippen LogP contribution in [0.4, 0.5) is 13.2 Å². The zero-order valence-corrected chi connectivity index (χ0v) is 16.5. The summed E-state index contributed by atoms with van der Waals surface area (Å²) in [5.41, 5.74) is 0. The van der Waals surface area contributed by atoms with Crippen LogP contribution in [0, 0.1) is 5.92 Å². The van der Waals surface area contributed by atoms with Gasteiger partial charge in [-0.05, 0) is 30.9 Å². The summed E-state index contributed by atoms with van der Waals surface area (Å²) in [6, 6.07) is 3.74. The van der Waals surface area contributed by atoms with Crippen LogP contribution in [0.5, 0.6) is 0 Å². The van der Waals surface area contributed by atoms with E-state index in [4.69, 9.17) is 4.42 Å². The van der Waals surface area contributed by atoms with Gasteiger partial charge in [-0.25, -0.2) is 0 Å². The lowest BCUT2D eigenvalue weighted by atomic mass is 10.2. The summed E-state index contributed by atoms with van der Waals surface area (Å²) in [6.45, 7) is 5.92. The molecular formula is C16H27F3IN3O. The first-order chi connectivity index (χ1) is 10.9. The van der Waals surface area contributed by atoms with Gasteiger partial charge in [-0.1, -0.05) is 13.8 Å². The molecule has 0 aliphatic carbocycles. The Morgan fingerprint density at radius 3 is 2.50 bits per heavy atom. The molecule has 0 saturated heterocycles. The summed E-state index contributed by atoms with van der Waals surface area (Å²) < 4.78 is 41.5. The minimum atomic E-state index is -4.07. The average molecular weight is 461 g/mol. The van der Waals surface area contributed by atoms with E-state index in [0.29, 0.717) is 37.9 Å². The Hall–Kier alpha value is -0.930. The molecule has 140 valence electrons. The summed E-state index contributed by atoms with van der Waals surface area (Å²) in [5, 5.41) is 6.26. The molecule has 0 spiro atoms. The number of hydrogen-bond acceptors (Lipinski definition) is 2. The number of guanidine groups is 1. The lowest BCUT2D eigenvalue weighted by molar-refractivity contribution is -0.135. The van der Waals surface area contributed by atoms with E-state index in [2.05, 4.69) is 29.5 Å². The Bertz CT molecular complexity index is 448. The summed E-state index contributed by atoms with van der Waals surface area (Å²) >= 11 is 0. The van der Waals surface area contributed by atoms with Crippen LogP contribution in [-0.2, 0) is 6.42 Å². The molecule has 1 heterocycles. The van der Waals surface area contributed by atoms with Gasteiger partial charge in [0.1, 0.15) is 5.76 Å². The number of halogens is 4. The number of rotatable bonds is 9. The Morgan fingerprint density at radius 1 is 1.21 bits per heavy atom. The third kappa shape index (κ3) is 12.5. The maximum Gasteiger partial charge on any atom is 0.389 e. The van der Waals surface area contributed by atoms with Crippen molar-refractivity contribution in [2.75, 3.05) is 19.6 Å². The molecule has 0 fully saturated rings. The van der Waals surface area contributed by atoms with Crippen molar-refractivity contribution >= 4 is 29.9 Å². The van der Waals surface area contributed by atoms with E-state index >= 15 is 0 Å². The fraction of sp³-hybridized carbons (Fsp3) is 0.688. The predicted molar refractivity (Wildman–Crippen MR) is 101 cm³/mol. The van der Waals surface area contributed by atoms with E-state index < -0.39 is 12.6 Å². The Kier molecular flexibility index (Phi) is 12.0. The maximum absolute atomic E-state index is 12.1. The topological polar surface area (TPSA) is 49.6 Å². The second-order valence-corrected chi connectivity index (χ2v) is 5.84. The van der Waals surface area contributed by atoms with Crippen LogP contribution in [0.2, 0.25) is 0 Å². The third-order valence-corrected chi connectivity index (χ3v) is 3.04. The molecule has 8 heteroatoms. The molecule has 0 saturated carbocycles. The Labute approximate surface area is 158 Å². The van der Waals surface area contributed by atoms with Gasteiger partial charge in [0.05, 0.1) is 6.26 Å². The normalized spacial score (nSPS) is 12.2. The number of aliphatic imine (C=N–C) groups is 1. The minimum absolute atomic E-state index is 0. The molecule has 0 atom stereocenters. The van der Waals surface area contributed by atoms with Gasteiger partial charge in [0.2, 0.25) is 0 Å². The largest absolute Gasteiger partial charge is 0.469 e. The van der Waals surface area contributed by atoms with Crippen molar-refractivity contribution in [3.05, 3.63) is 24.2 Å². The van der Waals surface area contributed by atoms with Crippen LogP contribution < -0.4 is 10.6 Å². The molecule has 2 N–H and O–H groups in total. The Balaban J connectivity index is 0.00000529.